The second-order valence-electron chi connectivity index (χ2n) is 5.11. The Morgan fingerprint density at radius 2 is 1.86 bits per heavy atom. The van der Waals surface area contributed by atoms with Gasteiger partial charge in [-0.1, -0.05) is 46.3 Å². The molecule has 2 aromatic carbocycles. The largest absolute Gasteiger partial charge is 0.274 e. The Hall–Kier alpha value is -2.34. The minimum absolute atomic E-state index is 0.158. The number of nitrogens with zero attached hydrogens (tertiary/aromatic N) is 5. The molecule has 108 valence electrons. The molecule has 3 aromatic rings. The number of hydrogen-bond acceptors (Lipinski definition) is 4. The molecule has 0 aliphatic carbocycles. The number of halogens is 1. The molecule has 0 N–H and O–H groups in total. The number of fused-ring (bicyclic) bond motifs is 3. The molecule has 0 amide bonds. The van der Waals surface area contributed by atoms with E-state index >= 15 is 0 Å². The van der Waals surface area contributed by atoms with Crippen LogP contribution in [0.1, 0.15) is 23.0 Å². The van der Waals surface area contributed by atoms with Crippen LogP contribution in [0.3, 0.4) is 0 Å². The molecule has 22 heavy (non-hydrogen) atoms. The summed E-state index contributed by atoms with van der Waals surface area (Å²) in [5, 5.41) is 17.0. The molecular weight excluding hydrogens is 342 g/mol. The lowest BCUT2D eigenvalue weighted by Crippen LogP contribution is -2.04. The molecule has 4 rings (SSSR count). The molecule has 1 aromatic heterocycles. The summed E-state index contributed by atoms with van der Waals surface area (Å²) in [5.41, 5.74) is 3.19. The van der Waals surface area contributed by atoms with Gasteiger partial charge in [0.25, 0.3) is 5.95 Å². The summed E-state index contributed by atoms with van der Waals surface area (Å²) in [6.45, 7) is 1.92. The maximum absolute atomic E-state index is 4.51. The van der Waals surface area contributed by atoms with Gasteiger partial charge in [0, 0.05) is 10.0 Å². The topological polar surface area (TPSA) is 55.4 Å². The zero-order chi connectivity index (χ0) is 15.1. The van der Waals surface area contributed by atoms with Crippen molar-refractivity contribution < 1.29 is 0 Å². The third kappa shape index (κ3) is 2.07. The van der Waals surface area contributed by atoms with Crippen LogP contribution in [-0.2, 0) is 0 Å². The lowest BCUT2D eigenvalue weighted by molar-refractivity contribution is 0.809. The Balaban J connectivity index is 2.00. The lowest BCUT2D eigenvalue weighted by atomic mass is 9.98. The van der Waals surface area contributed by atoms with Crippen molar-refractivity contribution in [1.82, 2.24) is 14.8 Å². The van der Waals surface area contributed by atoms with Gasteiger partial charge in [0.2, 0.25) is 0 Å². The molecule has 1 aliphatic heterocycles. The van der Waals surface area contributed by atoms with E-state index in [1.54, 1.807) is 0 Å². The van der Waals surface area contributed by atoms with Crippen LogP contribution in [0.25, 0.3) is 5.69 Å². The van der Waals surface area contributed by atoms with Crippen LogP contribution in [-0.4, -0.2) is 14.8 Å². The van der Waals surface area contributed by atoms with E-state index in [4.69, 9.17) is 0 Å². The van der Waals surface area contributed by atoms with Gasteiger partial charge in [-0.15, -0.1) is 15.3 Å². The van der Waals surface area contributed by atoms with Crippen LogP contribution in [0, 0.1) is 6.92 Å². The third-order valence-corrected chi connectivity index (χ3v) is 4.20. The first-order valence-corrected chi connectivity index (χ1v) is 7.71. The number of aryl methyl sites for hydroxylation is 1. The summed E-state index contributed by atoms with van der Waals surface area (Å²) in [7, 11) is 0. The molecule has 1 atom stereocenters. The van der Waals surface area contributed by atoms with Gasteiger partial charge < -0.3 is 0 Å². The van der Waals surface area contributed by atoms with E-state index in [9.17, 15) is 0 Å². The molecule has 0 radical (unpaired) electrons. The van der Waals surface area contributed by atoms with E-state index in [0.717, 1.165) is 27.1 Å². The maximum Gasteiger partial charge on any atom is 0.274 e. The van der Waals surface area contributed by atoms with Gasteiger partial charge in [-0.3, -0.25) is 4.57 Å². The summed E-state index contributed by atoms with van der Waals surface area (Å²) < 4.78 is 2.95. The van der Waals surface area contributed by atoms with Crippen LogP contribution in [0.5, 0.6) is 0 Å². The molecular formula is C16H12BrN5. The van der Waals surface area contributed by atoms with E-state index in [-0.39, 0.29) is 6.04 Å². The van der Waals surface area contributed by atoms with E-state index in [1.165, 1.54) is 0 Å². The highest BCUT2D eigenvalue weighted by Gasteiger charge is 2.24. The van der Waals surface area contributed by atoms with E-state index in [1.807, 2.05) is 41.8 Å². The molecule has 0 spiro atoms. The Morgan fingerprint density at radius 1 is 1.05 bits per heavy atom. The van der Waals surface area contributed by atoms with Crippen LogP contribution in [0.15, 0.2) is 63.2 Å². The molecule has 6 heteroatoms. The number of hydrogen-bond donors (Lipinski definition) is 0. The van der Waals surface area contributed by atoms with Crippen LogP contribution in [0.2, 0.25) is 0 Å². The maximum atomic E-state index is 4.51. The van der Waals surface area contributed by atoms with Crippen LogP contribution in [0.4, 0.5) is 5.95 Å². The number of rotatable bonds is 1. The van der Waals surface area contributed by atoms with Gasteiger partial charge in [-0.2, -0.15) is 5.11 Å². The molecule has 5 nitrogen and oxygen atoms in total. The third-order valence-electron chi connectivity index (χ3n) is 3.71. The summed E-state index contributed by atoms with van der Waals surface area (Å²) in [5.74, 6) is 1.31. The minimum Gasteiger partial charge on any atom is -0.262 e. The average Bonchev–Trinajstić information content (AvgIpc) is 2.82. The van der Waals surface area contributed by atoms with Crippen molar-refractivity contribution in [2.24, 2.45) is 10.2 Å². The first kappa shape index (κ1) is 13.3. The zero-order valence-corrected chi connectivity index (χ0v) is 13.4. The molecule has 0 fully saturated rings. The predicted octanol–water partition coefficient (Wildman–Crippen LogP) is 4.52. The SMILES string of the molecule is Cc1nnc2n1-c1ccc(Br)cc1C(c1ccccc1)N=N2. The van der Waals surface area contributed by atoms with Crippen molar-refractivity contribution in [3.8, 4) is 5.69 Å². The van der Waals surface area contributed by atoms with E-state index in [0.29, 0.717) is 5.95 Å². The van der Waals surface area contributed by atoms with E-state index < -0.39 is 0 Å². The predicted molar refractivity (Wildman–Crippen MR) is 86.6 cm³/mol. The molecule has 0 saturated heterocycles. The fourth-order valence-corrected chi connectivity index (χ4v) is 3.08. The van der Waals surface area contributed by atoms with Crippen molar-refractivity contribution in [2.75, 3.05) is 0 Å². The standard InChI is InChI=1S/C16H12BrN5/c1-10-18-20-16-21-19-15(11-5-3-2-4-6-11)13-9-12(17)7-8-14(13)22(10)16/h2-9,15H,1H3. The minimum atomic E-state index is -0.158. The van der Waals surface area contributed by atoms with Gasteiger partial charge in [-0.25, -0.2) is 0 Å². The quantitative estimate of drug-likeness (QED) is 0.645. The van der Waals surface area contributed by atoms with Crippen molar-refractivity contribution in [2.45, 2.75) is 13.0 Å². The van der Waals surface area contributed by atoms with Crippen LogP contribution < -0.4 is 0 Å². The number of benzene rings is 2. The van der Waals surface area contributed by atoms with Crippen molar-refractivity contribution >= 4 is 21.9 Å². The summed E-state index contributed by atoms with van der Waals surface area (Å²) in [4.78, 5) is 0. The lowest BCUT2D eigenvalue weighted by Gasteiger charge is -2.15. The van der Waals surface area contributed by atoms with Gasteiger partial charge in [0.1, 0.15) is 11.9 Å². The number of aromatic nitrogens is 3. The fraction of sp³-hybridized carbons (Fsp3) is 0.125. The van der Waals surface area contributed by atoms with Gasteiger partial charge >= 0.3 is 0 Å². The fourth-order valence-electron chi connectivity index (χ4n) is 2.70. The second-order valence-corrected chi connectivity index (χ2v) is 6.03. The van der Waals surface area contributed by atoms with Crippen molar-refractivity contribution in [3.05, 3.63) is 70.0 Å². The summed E-state index contributed by atoms with van der Waals surface area (Å²) in [6.07, 6.45) is 0. The molecule has 1 unspecified atom stereocenters. The first-order chi connectivity index (χ1) is 10.7. The van der Waals surface area contributed by atoms with Gasteiger partial charge in [0.15, 0.2) is 0 Å². The highest BCUT2D eigenvalue weighted by atomic mass is 79.9. The second kappa shape index (κ2) is 5.14. The molecule has 1 aliphatic rings. The Bertz CT molecular complexity index is 869. The highest BCUT2D eigenvalue weighted by Crippen LogP contribution is 2.37. The van der Waals surface area contributed by atoms with Crippen molar-refractivity contribution in [1.29, 1.82) is 0 Å². The smallest absolute Gasteiger partial charge is 0.262 e. The average molecular weight is 354 g/mol. The van der Waals surface area contributed by atoms with Gasteiger partial charge in [0.05, 0.1) is 5.69 Å². The Labute approximate surface area is 135 Å². The Kier molecular flexibility index (Phi) is 3.11. The Morgan fingerprint density at radius 3 is 2.68 bits per heavy atom. The first-order valence-electron chi connectivity index (χ1n) is 6.91. The highest BCUT2D eigenvalue weighted by molar-refractivity contribution is 9.10. The summed E-state index contributed by atoms with van der Waals surface area (Å²) in [6, 6.07) is 16.1. The normalized spacial score (nSPS) is 16.0. The van der Waals surface area contributed by atoms with Gasteiger partial charge in [-0.05, 0) is 30.7 Å². The molecule has 0 bridgehead atoms. The molecule has 0 saturated carbocycles. The molecule has 2 heterocycles. The van der Waals surface area contributed by atoms with E-state index in [2.05, 4.69) is 54.6 Å². The number of azo groups is 1. The van der Waals surface area contributed by atoms with Crippen LogP contribution >= 0.6 is 15.9 Å². The zero-order valence-electron chi connectivity index (χ0n) is 11.8. The van der Waals surface area contributed by atoms with Crippen molar-refractivity contribution in [3.63, 3.8) is 0 Å². The summed E-state index contributed by atoms with van der Waals surface area (Å²) >= 11 is 3.55. The monoisotopic (exact) mass is 353 g/mol.